The number of nitrogens with zero attached hydrogens (tertiary/aromatic N) is 2. The molecule has 1 aliphatic rings. The van der Waals surface area contributed by atoms with Gasteiger partial charge in [0.2, 0.25) is 0 Å². The zero-order valence-corrected chi connectivity index (χ0v) is 15.9. The number of para-hydroxylation sites is 2. The van der Waals surface area contributed by atoms with E-state index < -0.39 is 0 Å². The number of rotatable bonds is 3. The number of aromatic nitrogens is 3. The first-order chi connectivity index (χ1) is 14.2. The smallest absolute Gasteiger partial charge is 0.281 e. The molecule has 0 spiro atoms. The summed E-state index contributed by atoms with van der Waals surface area (Å²) in [6.07, 6.45) is 2.55. The summed E-state index contributed by atoms with van der Waals surface area (Å²) in [6, 6.07) is 17.1. The highest BCUT2D eigenvalue weighted by Crippen LogP contribution is 2.38. The Bertz CT molecular complexity index is 1290. The highest BCUT2D eigenvalue weighted by atomic mass is 16.5. The number of aromatic amines is 1. The van der Waals surface area contributed by atoms with Crippen molar-refractivity contribution in [2.24, 2.45) is 0 Å². The van der Waals surface area contributed by atoms with E-state index in [2.05, 4.69) is 10.1 Å². The molecule has 0 saturated carbocycles. The lowest BCUT2D eigenvalue weighted by Gasteiger charge is -2.25. The molecule has 2 heterocycles. The van der Waals surface area contributed by atoms with Crippen LogP contribution in [0.5, 0.6) is 5.75 Å². The van der Waals surface area contributed by atoms with Crippen molar-refractivity contribution in [3.63, 3.8) is 0 Å². The molecule has 1 atom stereocenters. The Morgan fingerprint density at radius 2 is 1.79 bits per heavy atom. The van der Waals surface area contributed by atoms with Crippen LogP contribution in [-0.2, 0) is 6.42 Å². The topological polar surface area (TPSA) is 77.0 Å². The van der Waals surface area contributed by atoms with Crippen LogP contribution in [0.3, 0.4) is 0 Å². The van der Waals surface area contributed by atoms with E-state index in [9.17, 15) is 9.59 Å². The standard InChI is InChI=1S/C23H19N3O3/c1-29-20-10-6-5-9-16(20)14-11-17-18(19(27)12-14)13-24-22-21(17)23(28)26(25-22)15-7-3-2-4-8-15/h2-10,13-14H,11-12H2,1H3,(H,24,25)/t14-/m1/s1. The van der Waals surface area contributed by atoms with Crippen molar-refractivity contribution in [2.75, 3.05) is 7.11 Å². The monoisotopic (exact) mass is 385 g/mol. The number of ether oxygens (including phenoxy) is 1. The number of hydrogen-bond acceptors (Lipinski definition) is 4. The fraction of sp³-hybridized carbons (Fsp3) is 0.174. The summed E-state index contributed by atoms with van der Waals surface area (Å²) in [5.41, 5.74) is 3.32. The maximum atomic E-state index is 13.2. The van der Waals surface area contributed by atoms with Crippen molar-refractivity contribution >= 4 is 16.8 Å². The number of ketones is 1. The molecular formula is C23H19N3O3. The van der Waals surface area contributed by atoms with Gasteiger partial charge in [0.15, 0.2) is 11.4 Å². The number of H-pyrrole nitrogens is 1. The summed E-state index contributed by atoms with van der Waals surface area (Å²) in [5, 5.41) is 3.56. The van der Waals surface area contributed by atoms with E-state index in [0.29, 0.717) is 29.4 Å². The van der Waals surface area contributed by atoms with E-state index in [1.807, 2.05) is 54.6 Å². The number of carbonyl (C=O) groups excluding carboxylic acids is 1. The first-order valence-corrected chi connectivity index (χ1v) is 9.51. The van der Waals surface area contributed by atoms with Crippen molar-refractivity contribution in [1.29, 1.82) is 0 Å². The van der Waals surface area contributed by atoms with Crippen molar-refractivity contribution in [3.05, 3.63) is 87.8 Å². The van der Waals surface area contributed by atoms with Crippen LogP contribution in [0.1, 0.15) is 33.8 Å². The minimum absolute atomic E-state index is 0.00316. The lowest BCUT2D eigenvalue weighted by atomic mass is 9.79. The van der Waals surface area contributed by atoms with E-state index in [1.54, 1.807) is 13.3 Å². The molecule has 6 nitrogen and oxygen atoms in total. The Kier molecular flexibility index (Phi) is 4.05. The third kappa shape index (κ3) is 2.76. The first-order valence-electron chi connectivity index (χ1n) is 9.51. The van der Waals surface area contributed by atoms with Crippen molar-refractivity contribution < 1.29 is 9.53 Å². The Morgan fingerprint density at radius 3 is 2.59 bits per heavy atom. The van der Waals surface area contributed by atoms with Crippen LogP contribution < -0.4 is 10.3 Å². The number of fused-ring (bicyclic) bond motifs is 3. The van der Waals surface area contributed by atoms with Gasteiger partial charge in [-0.3, -0.25) is 14.7 Å². The summed E-state index contributed by atoms with van der Waals surface area (Å²) in [5.74, 6) is 0.717. The molecule has 0 saturated heterocycles. The minimum Gasteiger partial charge on any atom is -0.496 e. The van der Waals surface area contributed by atoms with Crippen molar-refractivity contribution in [2.45, 2.75) is 18.8 Å². The van der Waals surface area contributed by atoms with Gasteiger partial charge in [-0.1, -0.05) is 36.4 Å². The van der Waals surface area contributed by atoms with Crippen LogP contribution in [-0.4, -0.2) is 27.7 Å². The van der Waals surface area contributed by atoms with Gasteiger partial charge in [0.25, 0.3) is 5.56 Å². The van der Waals surface area contributed by atoms with Crippen LogP contribution in [0.15, 0.2) is 65.6 Å². The van der Waals surface area contributed by atoms with Crippen LogP contribution in [0.25, 0.3) is 16.7 Å². The summed E-state index contributed by atoms with van der Waals surface area (Å²) in [4.78, 5) is 30.5. The highest BCUT2D eigenvalue weighted by molar-refractivity contribution is 6.02. The number of Topliss-reactive ketones (excluding diaryl/α,β-unsaturated/α-hetero) is 1. The highest BCUT2D eigenvalue weighted by Gasteiger charge is 2.31. The van der Waals surface area contributed by atoms with Crippen molar-refractivity contribution in [1.82, 2.24) is 14.8 Å². The van der Waals surface area contributed by atoms with Gasteiger partial charge in [0.05, 0.1) is 18.2 Å². The molecule has 0 aliphatic heterocycles. The summed E-state index contributed by atoms with van der Waals surface area (Å²) >= 11 is 0. The average Bonchev–Trinajstić information content (AvgIpc) is 3.11. The first kappa shape index (κ1) is 17.4. The molecule has 2 aromatic heterocycles. The van der Waals surface area contributed by atoms with Gasteiger partial charge in [-0.05, 0) is 41.7 Å². The second kappa shape index (κ2) is 6.74. The zero-order valence-electron chi connectivity index (χ0n) is 15.9. The molecule has 6 heteroatoms. The second-order valence-electron chi connectivity index (χ2n) is 7.23. The van der Waals surface area contributed by atoms with Gasteiger partial charge >= 0.3 is 0 Å². The van der Waals surface area contributed by atoms with Gasteiger partial charge < -0.3 is 4.74 Å². The molecule has 1 N–H and O–H groups in total. The molecule has 0 fully saturated rings. The van der Waals surface area contributed by atoms with E-state index in [4.69, 9.17) is 4.74 Å². The Hall–Kier alpha value is -3.67. The third-order valence-electron chi connectivity index (χ3n) is 5.60. The van der Waals surface area contributed by atoms with Gasteiger partial charge in [0, 0.05) is 18.2 Å². The predicted molar refractivity (Wildman–Crippen MR) is 110 cm³/mol. The number of carbonyl (C=O) groups is 1. The van der Waals surface area contributed by atoms with Gasteiger partial charge in [0.1, 0.15) is 5.75 Å². The van der Waals surface area contributed by atoms with E-state index in [-0.39, 0.29) is 17.3 Å². The molecule has 5 rings (SSSR count). The number of pyridine rings is 1. The van der Waals surface area contributed by atoms with Crippen molar-refractivity contribution in [3.8, 4) is 11.4 Å². The quantitative estimate of drug-likeness (QED) is 0.584. The molecule has 29 heavy (non-hydrogen) atoms. The SMILES string of the molecule is COc1ccccc1[C@H]1CC(=O)c2cnc3[nH]n(-c4ccccc4)c(=O)c3c2C1. The summed E-state index contributed by atoms with van der Waals surface area (Å²) < 4.78 is 6.98. The summed E-state index contributed by atoms with van der Waals surface area (Å²) in [7, 11) is 1.63. The molecule has 2 aromatic carbocycles. The number of hydrogen-bond donors (Lipinski definition) is 1. The van der Waals surface area contributed by atoms with Crippen LogP contribution in [0.2, 0.25) is 0 Å². The molecule has 144 valence electrons. The van der Waals surface area contributed by atoms with Gasteiger partial charge in [-0.25, -0.2) is 9.67 Å². The Balaban J connectivity index is 1.68. The molecular weight excluding hydrogens is 366 g/mol. The number of nitrogens with one attached hydrogen (secondary N) is 1. The van der Waals surface area contributed by atoms with Crippen LogP contribution >= 0.6 is 0 Å². The van der Waals surface area contributed by atoms with E-state index in [1.165, 1.54) is 4.68 Å². The van der Waals surface area contributed by atoms with Gasteiger partial charge in [-0.15, -0.1) is 0 Å². The molecule has 0 amide bonds. The Morgan fingerprint density at radius 1 is 1.03 bits per heavy atom. The molecule has 4 aromatic rings. The van der Waals surface area contributed by atoms with E-state index in [0.717, 1.165) is 22.6 Å². The van der Waals surface area contributed by atoms with Crippen LogP contribution in [0.4, 0.5) is 0 Å². The second-order valence-corrected chi connectivity index (χ2v) is 7.23. The predicted octanol–water partition coefficient (Wildman–Crippen LogP) is 3.64. The molecule has 0 bridgehead atoms. The summed E-state index contributed by atoms with van der Waals surface area (Å²) in [6.45, 7) is 0. The molecule has 0 unspecified atom stereocenters. The maximum absolute atomic E-state index is 13.2. The van der Waals surface area contributed by atoms with E-state index >= 15 is 0 Å². The molecule has 0 radical (unpaired) electrons. The normalized spacial score (nSPS) is 16.0. The third-order valence-corrected chi connectivity index (χ3v) is 5.60. The lowest BCUT2D eigenvalue weighted by Crippen LogP contribution is -2.22. The number of benzene rings is 2. The zero-order chi connectivity index (χ0) is 20.0. The maximum Gasteiger partial charge on any atom is 0.281 e. The van der Waals surface area contributed by atoms with Gasteiger partial charge in [-0.2, -0.15) is 0 Å². The lowest BCUT2D eigenvalue weighted by molar-refractivity contribution is 0.0964. The van der Waals surface area contributed by atoms with Crippen LogP contribution in [0, 0.1) is 0 Å². The minimum atomic E-state index is -0.191. The average molecular weight is 385 g/mol. The fourth-order valence-electron chi connectivity index (χ4n) is 4.22. The largest absolute Gasteiger partial charge is 0.496 e. The molecule has 1 aliphatic carbocycles. The fourth-order valence-corrected chi connectivity index (χ4v) is 4.22. The Labute approximate surface area is 166 Å². The number of methoxy groups -OCH3 is 1.